The molecule has 1 fully saturated rings. The van der Waals surface area contributed by atoms with Gasteiger partial charge < -0.3 is 9.80 Å². The van der Waals surface area contributed by atoms with E-state index in [2.05, 4.69) is 39.3 Å². The molecule has 0 bridgehead atoms. The lowest BCUT2D eigenvalue weighted by atomic mass is 9.95. The monoisotopic (exact) mass is 378 g/mol. The van der Waals surface area contributed by atoms with Crippen molar-refractivity contribution in [1.29, 1.82) is 0 Å². The maximum atomic E-state index is 13.1. The van der Waals surface area contributed by atoms with Crippen LogP contribution in [-0.4, -0.2) is 50.3 Å². The van der Waals surface area contributed by atoms with E-state index < -0.39 is 0 Å². The van der Waals surface area contributed by atoms with Crippen molar-refractivity contribution in [3.63, 3.8) is 0 Å². The normalized spacial score (nSPS) is 15.1. The number of carbonyl (C=O) groups is 1. The molecule has 1 amide bonds. The summed E-state index contributed by atoms with van der Waals surface area (Å²) in [6, 6.07) is 14.2. The van der Waals surface area contributed by atoms with Crippen LogP contribution in [0, 0.1) is 5.92 Å². The van der Waals surface area contributed by atoms with Crippen molar-refractivity contribution >= 4 is 17.4 Å². The Hall–Kier alpha value is -2.96. The number of hydrogen-bond donors (Lipinski definition) is 0. The SMILES string of the molecule is CCCN(Cc1ccccc1)C(=O)C1CCN(c2ccc3nncn3n2)CC1. The summed E-state index contributed by atoms with van der Waals surface area (Å²) in [7, 11) is 0. The molecule has 1 aliphatic heterocycles. The van der Waals surface area contributed by atoms with Gasteiger partial charge in [0.2, 0.25) is 5.91 Å². The molecule has 0 unspecified atom stereocenters. The number of amides is 1. The fraction of sp³-hybridized carbons (Fsp3) is 0.429. The van der Waals surface area contributed by atoms with E-state index in [-0.39, 0.29) is 11.8 Å². The summed E-state index contributed by atoms with van der Waals surface area (Å²) in [6.45, 7) is 5.30. The van der Waals surface area contributed by atoms with Gasteiger partial charge in [-0.3, -0.25) is 4.79 Å². The zero-order valence-electron chi connectivity index (χ0n) is 16.2. The summed E-state index contributed by atoms with van der Waals surface area (Å²) in [5.74, 6) is 1.28. The Bertz CT molecular complexity index is 917. The minimum atomic E-state index is 0.0881. The second kappa shape index (κ2) is 8.37. The van der Waals surface area contributed by atoms with Crippen molar-refractivity contribution in [3.05, 3.63) is 54.4 Å². The third kappa shape index (κ3) is 3.98. The van der Waals surface area contributed by atoms with E-state index in [0.29, 0.717) is 6.54 Å². The Labute approximate surface area is 165 Å². The molecule has 3 aromatic rings. The summed E-state index contributed by atoms with van der Waals surface area (Å²) in [4.78, 5) is 17.4. The Balaban J connectivity index is 1.39. The summed E-state index contributed by atoms with van der Waals surface area (Å²) >= 11 is 0. The first-order valence-electron chi connectivity index (χ1n) is 9.99. The molecule has 1 aliphatic rings. The van der Waals surface area contributed by atoms with E-state index >= 15 is 0 Å². The molecule has 28 heavy (non-hydrogen) atoms. The minimum Gasteiger partial charge on any atom is -0.355 e. The van der Waals surface area contributed by atoms with Crippen LogP contribution in [0.15, 0.2) is 48.8 Å². The zero-order valence-corrected chi connectivity index (χ0v) is 16.2. The Morgan fingerprint density at radius 1 is 1.14 bits per heavy atom. The third-order valence-corrected chi connectivity index (χ3v) is 5.34. The molecule has 2 aromatic heterocycles. The van der Waals surface area contributed by atoms with Crippen LogP contribution in [0.25, 0.3) is 5.65 Å². The van der Waals surface area contributed by atoms with E-state index in [1.807, 2.05) is 35.2 Å². The van der Waals surface area contributed by atoms with E-state index in [0.717, 1.165) is 50.4 Å². The van der Waals surface area contributed by atoms with Crippen molar-refractivity contribution in [1.82, 2.24) is 24.7 Å². The predicted octanol–water partition coefficient (Wildman–Crippen LogP) is 2.78. The molecular formula is C21H26N6O. The van der Waals surface area contributed by atoms with Crippen LogP contribution in [-0.2, 0) is 11.3 Å². The number of aromatic nitrogens is 4. The van der Waals surface area contributed by atoms with E-state index in [9.17, 15) is 4.79 Å². The van der Waals surface area contributed by atoms with Crippen LogP contribution in [0.3, 0.4) is 0 Å². The Morgan fingerprint density at radius 3 is 2.68 bits per heavy atom. The summed E-state index contributed by atoms with van der Waals surface area (Å²) in [5.41, 5.74) is 1.93. The molecule has 0 N–H and O–H groups in total. The van der Waals surface area contributed by atoms with E-state index in [1.165, 1.54) is 5.56 Å². The lowest BCUT2D eigenvalue weighted by Gasteiger charge is -2.34. The molecule has 146 valence electrons. The van der Waals surface area contributed by atoms with Gasteiger partial charge in [-0.1, -0.05) is 37.3 Å². The quantitative estimate of drug-likeness (QED) is 0.660. The average Bonchev–Trinajstić information content (AvgIpc) is 3.22. The highest BCUT2D eigenvalue weighted by molar-refractivity contribution is 5.79. The summed E-state index contributed by atoms with van der Waals surface area (Å²) in [6.07, 6.45) is 4.30. The van der Waals surface area contributed by atoms with E-state index in [1.54, 1.807) is 10.8 Å². The number of fused-ring (bicyclic) bond motifs is 1. The van der Waals surface area contributed by atoms with Crippen molar-refractivity contribution in [3.8, 4) is 0 Å². The fourth-order valence-electron chi connectivity index (χ4n) is 3.84. The molecule has 0 saturated carbocycles. The molecule has 0 spiro atoms. The van der Waals surface area contributed by atoms with Crippen molar-refractivity contribution < 1.29 is 4.79 Å². The van der Waals surface area contributed by atoms with Gasteiger partial charge in [0.25, 0.3) is 0 Å². The minimum absolute atomic E-state index is 0.0881. The molecule has 7 heteroatoms. The van der Waals surface area contributed by atoms with Crippen LogP contribution in [0.2, 0.25) is 0 Å². The Morgan fingerprint density at radius 2 is 1.93 bits per heavy atom. The number of rotatable bonds is 6. The highest BCUT2D eigenvalue weighted by atomic mass is 16.2. The highest BCUT2D eigenvalue weighted by Crippen LogP contribution is 2.24. The van der Waals surface area contributed by atoms with Gasteiger partial charge in [0, 0.05) is 32.1 Å². The molecule has 4 rings (SSSR count). The van der Waals surface area contributed by atoms with Crippen LogP contribution in [0.5, 0.6) is 0 Å². The first-order chi connectivity index (χ1) is 13.7. The van der Waals surface area contributed by atoms with Crippen LogP contribution < -0.4 is 4.90 Å². The largest absolute Gasteiger partial charge is 0.355 e. The van der Waals surface area contributed by atoms with Crippen LogP contribution >= 0.6 is 0 Å². The maximum Gasteiger partial charge on any atom is 0.226 e. The molecule has 0 radical (unpaired) electrons. The Kier molecular flexibility index (Phi) is 5.50. The number of nitrogens with zero attached hydrogens (tertiary/aromatic N) is 6. The maximum absolute atomic E-state index is 13.1. The van der Waals surface area contributed by atoms with Crippen molar-refractivity contribution in [2.45, 2.75) is 32.7 Å². The van der Waals surface area contributed by atoms with Gasteiger partial charge in [-0.15, -0.1) is 15.3 Å². The van der Waals surface area contributed by atoms with Gasteiger partial charge in [0.15, 0.2) is 5.65 Å². The summed E-state index contributed by atoms with van der Waals surface area (Å²) < 4.78 is 1.69. The summed E-state index contributed by atoms with van der Waals surface area (Å²) in [5, 5.41) is 12.4. The predicted molar refractivity (Wildman–Crippen MR) is 108 cm³/mol. The number of hydrogen-bond acceptors (Lipinski definition) is 5. The van der Waals surface area contributed by atoms with Crippen molar-refractivity contribution in [2.24, 2.45) is 5.92 Å². The number of piperidine rings is 1. The van der Waals surface area contributed by atoms with Gasteiger partial charge in [0.05, 0.1) is 0 Å². The smallest absolute Gasteiger partial charge is 0.226 e. The molecular weight excluding hydrogens is 352 g/mol. The van der Waals surface area contributed by atoms with Gasteiger partial charge in [-0.2, -0.15) is 4.52 Å². The van der Waals surface area contributed by atoms with Crippen LogP contribution in [0.1, 0.15) is 31.7 Å². The van der Waals surface area contributed by atoms with Gasteiger partial charge in [-0.05, 0) is 37.0 Å². The van der Waals surface area contributed by atoms with Crippen molar-refractivity contribution in [2.75, 3.05) is 24.5 Å². The highest BCUT2D eigenvalue weighted by Gasteiger charge is 2.29. The van der Waals surface area contributed by atoms with E-state index in [4.69, 9.17) is 0 Å². The topological polar surface area (TPSA) is 66.6 Å². The average molecular weight is 378 g/mol. The number of anilines is 1. The molecule has 1 saturated heterocycles. The molecule has 3 heterocycles. The number of carbonyl (C=O) groups excluding carboxylic acids is 1. The molecule has 0 atom stereocenters. The van der Waals surface area contributed by atoms with Crippen LogP contribution in [0.4, 0.5) is 5.82 Å². The zero-order chi connectivity index (χ0) is 19.3. The lowest BCUT2D eigenvalue weighted by molar-refractivity contribution is -0.136. The first kappa shape index (κ1) is 18.4. The molecule has 1 aromatic carbocycles. The number of benzene rings is 1. The lowest BCUT2D eigenvalue weighted by Crippen LogP contribution is -2.43. The second-order valence-electron chi connectivity index (χ2n) is 7.33. The third-order valence-electron chi connectivity index (χ3n) is 5.34. The van der Waals surface area contributed by atoms with Gasteiger partial charge >= 0.3 is 0 Å². The standard InChI is InChI=1S/C21H26N6O/c1-2-12-26(15-17-6-4-3-5-7-17)21(28)18-10-13-25(14-11-18)20-9-8-19-23-22-16-27(19)24-20/h3-9,16,18H,2,10-15H2,1H3. The van der Waals surface area contributed by atoms with Gasteiger partial charge in [0.1, 0.15) is 12.1 Å². The fourth-order valence-corrected chi connectivity index (χ4v) is 3.84. The first-order valence-corrected chi connectivity index (χ1v) is 9.99. The molecule has 0 aliphatic carbocycles. The molecule has 7 nitrogen and oxygen atoms in total. The second-order valence-corrected chi connectivity index (χ2v) is 7.33. The van der Waals surface area contributed by atoms with Gasteiger partial charge in [-0.25, -0.2) is 0 Å².